The summed E-state index contributed by atoms with van der Waals surface area (Å²) in [4.78, 5) is 2.66. The first-order valence-electron chi connectivity index (χ1n) is 12.2. The molecule has 0 heterocycles. The number of nitrogens with zero attached hydrogens (tertiary/aromatic N) is 1. The Morgan fingerprint density at radius 2 is 1.67 bits per heavy atom. The zero-order chi connectivity index (χ0) is 21.9. The zero-order valence-electron chi connectivity index (χ0n) is 20.0. The van der Waals surface area contributed by atoms with Gasteiger partial charge in [-0.05, 0) is 88.3 Å². The number of halogens is 2. The van der Waals surface area contributed by atoms with Crippen molar-refractivity contribution in [1.29, 1.82) is 0 Å². The average molecular weight is 498 g/mol. The molecule has 0 bridgehead atoms. The van der Waals surface area contributed by atoms with E-state index in [1.165, 1.54) is 49.8 Å². The van der Waals surface area contributed by atoms with Crippen molar-refractivity contribution >= 4 is 24.8 Å². The first-order chi connectivity index (χ1) is 15.2. The van der Waals surface area contributed by atoms with Crippen molar-refractivity contribution in [3.63, 3.8) is 0 Å². The highest BCUT2D eigenvalue weighted by molar-refractivity contribution is 5.85. The van der Waals surface area contributed by atoms with Crippen LogP contribution in [-0.2, 0) is 19.3 Å². The van der Waals surface area contributed by atoms with E-state index in [2.05, 4.69) is 47.5 Å². The number of unbranched alkanes of at least 4 members (excludes halogenated alkanes) is 3. The molecule has 0 radical (unpaired) electrons. The molecule has 1 atom stereocenters. The van der Waals surface area contributed by atoms with Gasteiger partial charge in [0.15, 0.2) is 11.5 Å². The van der Waals surface area contributed by atoms with Crippen LogP contribution >= 0.6 is 24.8 Å². The summed E-state index contributed by atoms with van der Waals surface area (Å²) in [6.07, 6.45) is 10.3. The third kappa shape index (κ3) is 9.36. The lowest BCUT2D eigenvalue weighted by Crippen LogP contribution is -2.40. The second-order valence-electron chi connectivity index (χ2n) is 8.90. The maximum Gasteiger partial charge on any atom is 0.160 e. The molecule has 6 heteroatoms. The molecule has 1 unspecified atom stereocenters. The van der Waals surface area contributed by atoms with E-state index in [-0.39, 0.29) is 36.3 Å². The summed E-state index contributed by atoms with van der Waals surface area (Å²) in [6, 6.07) is 14.9. The SMILES string of the molecule is CCCN(CCCCCCNCCc1ccccc1)C1CCc2c(ccc(O)c2O)C1.Cl.Cl. The highest BCUT2D eigenvalue weighted by atomic mass is 35.5. The quantitative estimate of drug-likeness (QED) is 0.238. The van der Waals surface area contributed by atoms with Crippen molar-refractivity contribution in [1.82, 2.24) is 10.2 Å². The molecule has 1 aliphatic rings. The van der Waals surface area contributed by atoms with E-state index in [1.54, 1.807) is 6.07 Å². The lowest BCUT2D eigenvalue weighted by molar-refractivity contribution is 0.175. The minimum atomic E-state index is 0. The normalized spacial score (nSPS) is 14.9. The molecule has 3 N–H and O–H groups in total. The fraction of sp³-hybridized carbons (Fsp3) is 0.556. The first-order valence-corrected chi connectivity index (χ1v) is 12.2. The molecule has 0 saturated heterocycles. The molecule has 2 aromatic carbocycles. The van der Waals surface area contributed by atoms with Gasteiger partial charge in [0.05, 0.1) is 0 Å². The molecule has 186 valence electrons. The van der Waals surface area contributed by atoms with Crippen molar-refractivity contribution in [2.75, 3.05) is 26.2 Å². The van der Waals surface area contributed by atoms with Gasteiger partial charge in [-0.25, -0.2) is 0 Å². The van der Waals surface area contributed by atoms with Gasteiger partial charge >= 0.3 is 0 Å². The van der Waals surface area contributed by atoms with E-state index in [4.69, 9.17) is 0 Å². The van der Waals surface area contributed by atoms with Crippen molar-refractivity contribution < 1.29 is 10.2 Å². The number of rotatable bonds is 13. The van der Waals surface area contributed by atoms with Crippen LogP contribution in [0.2, 0.25) is 0 Å². The molecule has 33 heavy (non-hydrogen) atoms. The third-order valence-corrected chi connectivity index (χ3v) is 6.55. The molecule has 0 saturated carbocycles. The van der Waals surface area contributed by atoms with Crippen LogP contribution in [0, 0.1) is 0 Å². The summed E-state index contributed by atoms with van der Waals surface area (Å²) in [5.41, 5.74) is 3.56. The van der Waals surface area contributed by atoms with Crippen LogP contribution in [0.25, 0.3) is 0 Å². The third-order valence-electron chi connectivity index (χ3n) is 6.55. The van der Waals surface area contributed by atoms with E-state index in [0.717, 1.165) is 50.9 Å². The smallest absolute Gasteiger partial charge is 0.160 e. The molecule has 0 aromatic heterocycles. The monoisotopic (exact) mass is 496 g/mol. The number of phenolic OH excluding ortho intramolecular Hbond substituents is 2. The lowest BCUT2D eigenvalue weighted by Gasteiger charge is -2.35. The van der Waals surface area contributed by atoms with Gasteiger partial charge < -0.3 is 20.4 Å². The van der Waals surface area contributed by atoms with Crippen LogP contribution in [-0.4, -0.2) is 47.3 Å². The number of aromatic hydroxyl groups is 2. The topological polar surface area (TPSA) is 55.7 Å². The number of hydrogen-bond donors (Lipinski definition) is 3. The van der Waals surface area contributed by atoms with Crippen LogP contribution in [0.5, 0.6) is 11.5 Å². The summed E-state index contributed by atoms with van der Waals surface area (Å²) in [6.45, 7) is 6.74. The highest BCUT2D eigenvalue weighted by Gasteiger charge is 2.26. The van der Waals surface area contributed by atoms with Crippen molar-refractivity contribution in [2.24, 2.45) is 0 Å². The predicted molar refractivity (Wildman–Crippen MR) is 143 cm³/mol. The zero-order valence-corrected chi connectivity index (χ0v) is 21.6. The summed E-state index contributed by atoms with van der Waals surface area (Å²) in [5, 5.41) is 23.5. The Hall–Kier alpha value is -1.46. The maximum absolute atomic E-state index is 10.1. The number of fused-ring (bicyclic) bond motifs is 1. The molecule has 2 aromatic rings. The van der Waals surface area contributed by atoms with E-state index < -0.39 is 0 Å². The second kappa shape index (κ2) is 16.2. The molecule has 0 aliphatic heterocycles. The van der Waals surface area contributed by atoms with Gasteiger partial charge in [-0.15, -0.1) is 24.8 Å². The van der Waals surface area contributed by atoms with Gasteiger partial charge in [0.1, 0.15) is 0 Å². The Labute approximate surface area is 212 Å². The van der Waals surface area contributed by atoms with Gasteiger partial charge in [0.25, 0.3) is 0 Å². The number of nitrogens with one attached hydrogen (secondary N) is 1. The van der Waals surface area contributed by atoms with Gasteiger partial charge in [0, 0.05) is 11.6 Å². The second-order valence-corrected chi connectivity index (χ2v) is 8.90. The van der Waals surface area contributed by atoms with E-state index in [9.17, 15) is 10.2 Å². The number of phenols is 2. The first kappa shape index (κ1) is 29.6. The fourth-order valence-corrected chi connectivity index (χ4v) is 4.80. The highest BCUT2D eigenvalue weighted by Crippen LogP contribution is 2.36. The van der Waals surface area contributed by atoms with Gasteiger partial charge in [0.2, 0.25) is 0 Å². The Morgan fingerprint density at radius 3 is 2.42 bits per heavy atom. The lowest BCUT2D eigenvalue weighted by atomic mass is 9.86. The predicted octanol–water partition coefficient (Wildman–Crippen LogP) is 5.90. The average Bonchev–Trinajstić information content (AvgIpc) is 2.80. The van der Waals surface area contributed by atoms with Crippen LogP contribution in [0.1, 0.15) is 62.1 Å². The minimum Gasteiger partial charge on any atom is -0.504 e. The summed E-state index contributed by atoms with van der Waals surface area (Å²) >= 11 is 0. The molecule has 0 spiro atoms. The van der Waals surface area contributed by atoms with Crippen LogP contribution in [0.3, 0.4) is 0 Å². The molecule has 3 rings (SSSR count). The van der Waals surface area contributed by atoms with Crippen LogP contribution in [0.15, 0.2) is 42.5 Å². The number of hydrogen-bond acceptors (Lipinski definition) is 4. The molecule has 0 amide bonds. The van der Waals surface area contributed by atoms with Gasteiger partial charge in [-0.3, -0.25) is 0 Å². The Kier molecular flexibility index (Phi) is 14.5. The van der Waals surface area contributed by atoms with E-state index >= 15 is 0 Å². The molecule has 4 nitrogen and oxygen atoms in total. The van der Waals surface area contributed by atoms with Gasteiger partial charge in [-0.2, -0.15) is 0 Å². The maximum atomic E-state index is 10.1. The summed E-state index contributed by atoms with van der Waals surface area (Å²) in [7, 11) is 0. The van der Waals surface area contributed by atoms with Crippen LogP contribution < -0.4 is 5.32 Å². The minimum absolute atomic E-state index is 0. The van der Waals surface area contributed by atoms with E-state index in [0.29, 0.717) is 6.04 Å². The Morgan fingerprint density at radius 1 is 0.909 bits per heavy atom. The van der Waals surface area contributed by atoms with Crippen molar-refractivity contribution in [3.05, 3.63) is 59.2 Å². The van der Waals surface area contributed by atoms with Gasteiger partial charge in [-0.1, -0.05) is 56.2 Å². The van der Waals surface area contributed by atoms with Crippen molar-refractivity contribution in [2.45, 2.75) is 70.8 Å². The fourth-order valence-electron chi connectivity index (χ4n) is 4.80. The molecule has 1 aliphatic carbocycles. The largest absolute Gasteiger partial charge is 0.504 e. The molecule has 0 fully saturated rings. The Balaban J connectivity index is 0.00000272. The number of benzene rings is 2. The molecular formula is C27H42Cl2N2O2. The van der Waals surface area contributed by atoms with E-state index in [1.807, 2.05) is 6.07 Å². The summed E-state index contributed by atoms with van der Waals surface area (Å²) in [5.74, 6) is 0.104. The molecular weight excluding hydrogens is 455 g/mol. The summed E-state index contributed by atoms with van der Waals surface area (Å²) < 4.78 is 0. The standard InChI is InChI=1S/C27H40N2O2.2ClH/c1-2-19-29(24-13-14-25-23(21-24)12-15-26(30)27(25)31)20-9-4-3-8-17-28-18-16-22-10-6-5-7-11-22;;/h5-7,10-12,15,24,28,30-31H,2-4,8-9,13-14,16-21H2,1H3;2*1H. The Bertz CT molecular complexity index is 789. The van der Waals surface area contributed by atoms with Crippen molar-refractivity contribution in [3.8, 4) is 11.5 Å². The van der Waals surface area contributed by atoms with Crippen LogP contribution in [0.4, 0.5) is 0 Å².